The van der Waals surface area contributed by atoms with Crippen molar-refractivity contribution in [2.75, 3.05) is 6.61 Å². The molecule has 0 saturated carbocycles. The Morgan fingerprint density at radius 1 is 1.36 bits per heavy atom. The number of nitrogens with zero attached hydrogens (tertiary/aromatic N) is 2. The Kier molecular flexibility index (Phi) is 7.49. The van der Waals surface area contributed by atoms with E-state index in [4.69, 9.17) is 4.74 Å². The maximum atomic E-state index is 11.7. The Bertz CT molecular complexity index is 539. The van der Waals surface area contributed by atoms with Crippen LogP contribution in [0.15, 0.2) is 4.60 Å². The van der Waals surface area contributed by atoms with Crippen LogP contribution in [-0.2, 0) is 22.5 Å². The van der Waals surface area contributed by atoms with Crippen molar-refractivity contribution < 1.29 is 19.1 Å². The third-order valence-corrected chi connectivity index (χ3v) is 6.79. The van der Waals surface area contributed by atoms with Gasteiger partial charge in [0.05, 0.1) is 0 Å². The summed E-state index contributed by atoms with van der Waals surface area (Å²) in [5, 5.41) is 0. The molecule has 6 nitrogen and oxygen atoms in total. The van der Waals surface area contributed by atoms with E-state index in [1.807, 2.05) is 0 Å². The average molecular weight is 413 g/mol. The highest BCUT2D eigenvalue weighted by atomic mass is 79.9. The molecular weight excluding hydrogens is 387 g/mol. The molecule has 9 heteroatoms. The highest BCUT2D eigenvalue weighted by Crippen LogP contribution is 2.37. The predicted octanol–water partition coefficient (Wildman–Crippen LogP) is 3.10. The standard InChI is InChI=1S/C13H26BrN2O4PSi/c1-5-6-7-11-15-12(14)13(21(17,18)19)16(11)10-20-8-9-22(2,3)4/h5-10H2,1-4H3,(H2,17,18,19). The molecule has 128 valence electrons. The van der Waals surface area contributed by atoms with Crippen molar-refractivity contribution in [1.82, 2.24) is 9.55 Å². The zero-order valence-electron chi connectivity index (χ0n) is 13.7. The van der Waals surface area contributed by atoms with Crippen LogP contribution in [0.3, 0.4) is 0 Å². The fourth-order valence-electron chi connectivity index (χ4n) is 1.93. The van der Waals surface area contributed by atoms with Crippen molar-refractivity contribution in [3.05, 3.63) is 10.4 Å². The lowest BCUT2D eigenvalue weighted by Gasteiger charge is -2.17. The van der Waals surface area contributed by atoms with Crippen molar-refractivity contribution >= 4 is 37.0 Å². The van der Waals surface area contributed by atoms with Crippen LogP contribution in [0.5, 0.6) is 0 Å². The van der Waals surface area contributed by atoms with Crippen LogP contribution in [0.1, 0.15) is 25.6 Å². The molecule has 22 heavy (non-hydrogen) atoms. The van der Waals surface area contributed by atoms with Crippen LogP contribution in [0.2, 0.25) is 25.7 Å². The van der Waals surface area contributed by atoms with E-state index in [1.54, 1.807) is 0 Å². The molecule has 0 unspecified atom stereocenters. The van der Waals surface area contributed by atoms with Gasteiger partial charge in [-0.2, -0.15) is 0 Å². The van der Waals surface area contributed by atoms with Crippen LogP contribution < -0.4 is 5.44 Å². The highest BCUT2D eigenvalue weighted by Gasteiger charge is 2.29. The van der Waals surface area contributed by atoms with Gasteiger partial charge in [-0.25, -0.2) is 4.98 Å². The number of aryl methyl sites for hydroxylation is 1. The van der Waals surface area contributed by atoms with Crippen molar-refractivity contribution in [2.45, 2.75) is 58.6 Å². The summed E-state index contributed by atoms with van der Waals surface area (Å²) in [6, 6.07) is 1.01. The number of rotatable bonds is 9. The normalized spacial score (nSPS) is 12.9. The van der Waals surface area contributed by atoms with Crippen LogP contribution in [0.25, 0.3) is 0 Å². The second-order valence-corrected chi connectivity index (χ2v) is 14.5. The molecule has 0 spiro atoms. The van der Waals surface area contributed by atoms with Crippen molar-refractivity contribution in [2.24, 2.45) is 0 Å². The van der Waals surface area contributed by atoms with E-state index < -0.39 is 15.7 Å². The van der Waals surface area contributed by atoms with E-state index >= 15 is 0 Å². The average Bonchev–Trinajstić information content (AvgIpc) is 2.67. The van der Waals surface area contributed by atoms with Crippen LogP contribution in [0.4, 0.5) is 0 Å². The minimum absolute atomic E-state index is 0.0911. The zero-order chi connectivity index (χ0) is 17.0. The fraction of sp³-hybridized carbons (Fsp3) is 0.769. The lowest BCUT2D eigenvalue weighted by Crippen LogP contribution is -2.25. The molecule has 0 saturated heterocycles. The number of ether oxygens (including phenoxy) is 1. The highest BCUT2D eigenvalue weighted by molar-refractivity contribution is 9.10. The first-order chi connectivity index (χ1) is 10.1. The van der Waals surface area contributed by atoms with Gasteiger partial charge in [0.2, 0.25) is 0 Å². The summed E-state index contributed by atoms with van der Waals surface area (Å²) >= 11 is 3.16. The third-order valence-electron chi connectivity index (χ3n) is 3.23. The monoisotopic (exact) mass is 412 g/mol. The van der Waals surface area contributed by atoms with E-state index in [0.717, 1.165) is 18.9 Å². The Morgan fingerprint density at radius 2 is 2.00 bits per heavy atom. The Labute approximate surface area is 141 Å². The van der Waals surface area contributed by atoms with Gasteiger partial charge < -0.3 is 14.5 Å². The number of hydrogen-bond acceptors (Lipinski definition) is 3. The van der Waals surface area contributed by atoms with E-state index in [2.05, 4.69) is 47.5 Å². The first-order valence-electron chi connectivity index (χ1n) is 7.45. The van der Waals surface area contributed by atoms with E-state index in [0.29, 0.717) is 18.9 Å². The molecule has 1 aromatic rings. The van der Waals surface area contributed by atoms with Gasteiger partial charge >= 0.3 is 7.60 Å². The number of aromatic nitrogens is 2. The topological polar surface area (TPSA) is 84.6 Å². The maximum absolute atomic E-state index is 11.7. The number of imidazole rings is 1. The molecule has 1 heterocycles. The lowest BCUT2D eigenvalue weighted by atomic mass is 10.2. The molecule has 0 fully saturated rings. The van der Waals surface area contributed by atoms with Gasteiger partial charge in [-0.3, -0.25) is 9.13 Å². The van der Waals surface area contributed by atoms with Crippen LogP contribution in [-0.4, -0.2) is 34.0 Å². The van der Waals surface area contributed by atoms with Gasteiger partial charge in [0.25, 0.3) is 0 Å². The SMILES string of the molecule is CCCCc1nc(Br)c(P(=O)(O)O)n1COCC[Si](C)(C)C. The smallest absolute Gasteiger partial charge is 0.361 e. The molecule has 1 rings (SSSR count). The zero-order valence-corrected chi connectivity index (χ0v) is 17.2. The predicted molar refractivity (Wildman–Crippen MR) is 94.3 cm³/mol. The Hall–Kier alpha value is 0.0169. The van der Waals surface area contributed by atoms with Crippen molar-refractivity contribution in [1.29, 1.82) is 0 Å². The molecule has 1 aromatic heterocycles. The van der Waals surface area contributed by atoms with Gasteiger partial charge in [-0.05, 0) is 28.4 Å². The second kappa shape index (κ2) is 8.21. The largest absolute Gasteiger partial charge is 0.375 e. The minimum atomic E-state index is -4.40. The molecule has 2 N–H and O–H groups in total. The van der Waals surface area contributed by atoms with Crippen LogP contribution in [0, 0.1) is 0 Å². The first kappa shape index (κ1) is 20.1. The summed E-state index contributed by atoms with van der Waals surface area (Å²) < 4.78 is 19.1. The summed E-state index contributed by atoms with van der Waals surface area (Å²) in [6.45, 7) is 9.58. The van der Waals surface area contributed by atoms with Gasteiger partial charge in [0.1, 0.15) is 17.2 Å². The van der Waals surface area contributed by atoms with Gasteiger partial charge in [0, 0.05) is 21.1 Å². The summed E-state index contributed by atoms with van der Waals surface area (Å²) in [5.74, 6) is 0.653. The molecule has 0 bridgehead atoms. The Morgan fingerprint density at radius 3 is 2.50 bits per heavy atom. The fourth-order valence-corrected chi connectivity index (χ4v) is 4.58. The quantitative estimate of drug-likeness (QED) is 0.369. The summed E-state index contributed by atoms with van der Waals surface area (Å²) in [7, 11) is -5.59. The molecule has 0 aliphatic heterocycles. The molecule has 0 aliphatic carbocycles. The second-order valence-electron chi connectivity index (χ2n) is 6.57. The minimum Gasteiger partial charge on any atom is -0.361 e. The summed E-state index contributed by atoms with van der Waals surface area (Å²) in [4.78, 5) is 23.4. The molecular formula is C13H26BrN2O4PSi. The molecule has 0 radical (unpaired) electrons. The van der Waals surface area contributed by atoms with Crippen molar-refractivity contribution in [3.8, 4) is 0 Å². The third kappa shape index (κ3) is 6.26. The van der Waals surface area contributed by atoms with E-state index in [9.17, 15) is 14.4 Å². The van der Waals surface area contributed by atoms with E-state index in [-0.39, 0.29) is 16.8 Å². The number of halogens is 1. The maximum Gasteiger partial charge on any atom is 0.375 e. The number of hydrogen-bond donors (Lipinski definition) is 2. The molecule has 0 atom stereocenters. The first-order valence-corrected chi connectivity index (χ1v) is 13.6. The van der Waals surface area contributed by atoms with Crippen molar-refractivity contribution in [3.63, 3.8) is 0 Å². The van der Waals surface area contributed by atoms with Crippen LogP contribution >= 0.6 is 23.5 Å². The van der Waals surface area contributed by atoms with Gasteiger partial charge in [-0.15, -0.1) is 0 Å². The lowest BCUT2D eigenvalue weighted by molar-refractivity contribution is 0.0865. The van der Waals surface area contributed by atoms with Gasteiger partial charge in [-0.1, -0.05) is 33.0 Å². The van der Waals surface area contributed by atoms with E-state index in [1.165, 1.54) is 4.57 Å². The summed E-state index contributed by atoms with van der Waals surface area (Å²) in [5.41, 5.74) is -0.0911. The molecule has 0 amide bonds. The Balaban J connectivity index is 2.90. The molecule has 0 aromatic carbocycles. The number of unbranched alkanes of at least 4 members (excludes halogenated alkanes) is 1. The molecule has 0 aliphatic rings. The van der Waals surface area contributed by atoms with Gasteiger partial charge in [0.15, 0.2) is 5.44 Å². The summed E-state index contributed by atoms with van der Waals surface area (Å²) in [6.07, 6.45) is 2.58.